The van der Waals surface area contributed by atoms with Gasteiger partial charge in [0, 0.05) is 28.7 Å². The molecule has 1 saturated heterocycles. The summed E-state index contributed by atoms with van der Waals surface area (Å²) in [7, 11) is 1.34. The van der Waals surface area contributed by atoms with E-state index in [1.807, 2.05) is 17.2 Å². The summed E-state index contributed by atoms with van der Waals surface area (Å²) >= 11 is 1.60. The maximum Gasteiger partial charge on any atom is 0.338 e. The number of aryl methyl sites for hydroxylation is 1. The summed E-state index contributed by atoms with van der Waals surface area (Å²) in [6.07, 6.45) is 3.49. The Balaban J connectivity index is 1.73. The second-order valence-electron chi connectivity index (χ2n) is 6.93. The van der Waals surface area contributed by atoms with Gasteiger partial charge in [0.25, 0.3) is 5.91 Å². The Labute approximate surface area is 162 Å². The molecule has 27 heavy (non-hydrogen) atoms. The monoisotopic (exact) mass is 386 g/mol. The minimum atomic E-state index is -0.463. The van der Waals surface area contributed by atoms with E-state index >= 15 is 0 Å². The average molecular weight is 386 g/mol. The second-order valence-corrected chi connectivity index (χ2v) is 7.82. The maximum absolute atomic E-state index is 13.5. The summed E-state index contributed by atoms with van der Waals surface area (Å²) in [5.74, 6) is 0.0979. The lowest BCUT2D eigenvalue weighted by Crippen LogP contribution is -2.32. The number of ether oxygens (including phenoxy) is 2. The lowest BCUT2D eigenvalue weighted by Gasteiger charge is -2.27. The van der Waals surface area contributed by atoms with Gasteiger partial charge >= 0.3 is 5.97 Å². The van der Waals surface area contributed by atoms with E-state index in [0.717, 1.165) is 41.9 Å². The van der Waals surface area contributed by atoms with Crippen molar-refractivity contribution in [3.8, 4) is 5.75 Å². The van der Waals surface area contributed by atoms with E-state index in [-0.39, 0.29) is 11.9 Å². The molecule has 3 heterocycles. The van der Waals surface area contributed by atoms with Crippen LogP contribution in [0.15, 0.2) is 17.5 Å². The summed E-state index contributed by atoms with van der Waals surface area (Å²) in [5.41, 5.74) is 2.77. The van der Waals surface area contributed by atoms with Gasteiger partial charge in [-0.2, -0.15) is 0 Å². The Morgan fingerprint density at radius 3 is 2.93 bits per heavy atom. The number of carbonyl (C=O) groups is 2. The van der Waals surface area contributed by atoms with Gasteiger partial charge in [0.05, 0.1) is 25.3 Å². The van der Waals surface area contributed by atoms with Crippen molar-refractivity contribution in [1.82, 2.24) is 9.88 Å². The predicted octanol–water partition coefficient (Wildman–Crippen LogP) is 3.54. The molecule has 0 aliphatic carbocycles. The number of likely N-dealkylation sites (tertiary alicyclic amines) is 1. The van der Waals surface area contributed by atoms with Crippen LogP contribution in [-0.4, -0.2) is 42.0 Å². The van der Waals surface area contributed by atoms with Crippen molar-refractivity contribution in [3.05, 3.63) is 44.9 Å². The van der Waals surface area contributed by atoms with Gasteiger partial charge in [-0.1, -0.05) is 0 Å². The van der Waals surface area contributed by atoms with E-state index in [4.69, 9.17) is 9.47 Å². The van der Waals surface area contributed by atoms with Gasteiger partial charge in [-0.3, -0.25) is 4.79 Å². The van der Waals surface area contributed by atoms with Crippen LogP contribution in [0.5, 0.6) is 5.75 Å². The van der Waals surface area contributed by atoms with Crippen LogP contribution in [0, 0.1) is 6.92 Å². The molecule has 1 atom stereocenters. The smallest absolute Gasteiger partial charge is 0.338 e. The highest BCUT2D eigenvalue weighted by atomic mass is 32.1. The molecule has 0 spiro atoms. The summed E-state index contributed by atoms with van der Waals surface area (Å²) in [4.78, 5) is 32.0. The van der Waals surface area contributed by atoms with Crippen molar-refractivity contribution in [3.63, 3.8) is 0 Å². The van der Waals surface area contributed by atoms with E-state index in [1.165, 1.54) is 7.11 Å². The van der Waals surface area contributed by atoms with Gasteiger partial charge in [-0.25, -0.2) is 9.78 Å². The fourth-order valence-electron chi connectivity index (χ4n) is 3.84. The molecule has 7 heteroatoms. The standard InChI is InChI=1S/C20H22N2O4S/c1-12-11-27-18(21-12)16-6-3-7-22(16)19(23)15-9-13(20(24)25-2)10-17-14(15)5-4-8-26-17/h9-11,16H,3-8H2,1-2H3/t16-/m1/s1. The number of methoxy groups -OCH3 is 1. The number of benzene rings is 1. The van der Waals surface area contributed by atoms with Crippen LogP contribution in [0.25, 0.3) is 0 Å². The molecule has 2 aromatic rings. The molecule has 0 saturated carbocycles. The van der Waals surface area contributed by atoms with Crippen LogP contribution in [0.4, 0.5) is 0 Å². The van der Waals surface area contributed by atoms with E-state index in [0.29, 0.717) is 30.0 Å². The molecule has 0 bridgehead atoms. The summed E-state index contributed by atoms with van der Waals surface area (Å²) < 4.78 is 10.6. The second kappa shape index (κ2) is 7.31. The number of hydrogen-bond acceptors (Lipinski definition) is 6. The molecule has 4 rings (SSSR count). The van der Waals surface area contributed by atoms with Gasteiger partial charge in [0.1, 0.15) is 10.8 Å². The van der Waals surface area contributed by atoms with E-state index in [1.54, 1.807) is 23.5 Å². The van der Waals surface area contributed by atoms with E-state index in [9.17, 15) is 9.59 Å². The van der Waals surface area contributed by atoms with Crippen LogP contribution in [0.1, 0.15) is 62.3 Å². The molecule has 6 nitrogen and oxygen atoms in total. The van der Waals surface area contributed by atoms with Crippen molar-refractivity contribution in [2.24, 2.45) is 0 Å². The first-order valence-corrected chi connectivity index (χ1v) is 10.1. The first-order chi connectivity index (χ1) is 13.1. The number of carbonyl (C=O) groups excluding carboxylic acids is 2. The lowest BCUT2D eigenvalue weighted by molar-refractivity contribution is 0.0600. The normalized spacial score (nSPS) is 18.7. The fourth-order valence-corrected chi connectivity index (χ4v) is 4.78. The van der Waals surface area contributed by atoms with Crippen LogP contribution >= 0.6 is 11.3 Å². The van der Waals surface area contributed by atoms with E-state index < -0.39 is 5.97 Å². The quantitative estimate of drug-likeness (QED) is 0.755. The van der Waals surface area contributed by atoms with Crippen molar-refractivity contribution in [2.45, 2.75) is 38.6 Å². The molecule has 2 aliphatic heterocycles. The van der Waals surface area contributed by atoms with Gasteiger partial charge in [-0.05, 0) is 44.7 Å². The van der Waals surface area contributed by atoms with Crippen molar-refractivity contribution >= 4 is 23.2 Å². The van der Waals surface area contributed by atoms with Gasteiger partial charge in [-0.15, -0.1) is 11.3 Å². The third kappa shape index (κ3) is 3.32. The van der Waals surface area contributed by atoms with Gasteiger partial charge < -0.3 is 14.4 Å². The summed E-state index contributed by atoms with van der Waals surface area (Å²) in [6, 6.07) is 3.34. The lowest BCUT2D eigenvalue weighted by atomic mass is 9.96. The third-order valence-corrected chi connectivity index (χ3v) is 6.19. The first kappa shape index (κ1) is 18.0. The number of aromatic nitrogens is 1. The minimum absolute atomic E-state index is 0.00172. The Morgan fingerprint density at radius 1 is 1.33 bits per heavy atom. The predicted molar refractivity (Wildman–Crippen MR) is 101 cm³/mol. The molecule has 0 N–H and O–H groups in total. The first-order valence-electron chi connectivity index (χ1n) is 9.19. The van der Waals surface area contributed by atoms with Crippen molar-refractivity contribution < 1.29 is 19.1 Å². The number of fused-ring (bicyclic) bond motifs is 1. The molecule has 0 unspecified atom stereocenters. The molecule has 2 aliphatic rings. The average Bonchev–Trinajstić information content (AvgIpc) is 3.34. The molecule has 0 radical (unpaired) electrons. The number of amides is 1. The molecule has 1 amide bonds. The maximum atomic E-state index is 13.5. The van der Waals surface area contributed by atoms with Gasteiger partial charge in [0.15, 0.2) is 0 Å². The topological polar surface area (TPSA) is 68.7 Å². The Morgan fingerprint density at radius 2 is 2.19 bits per heavy atom. The molecular formula is C20H22N2O4S. The largest absolute Gasteiger partial charge is 0.493 e. The summed E-state index contributed by atoms with van der Waals surface area (Å²) in [6.45, 7) is 3.25. The van der Waals surface area contributed by atoms with Crippen LogP contribution in [0.3, 0.4) is 0 Å². The number of esters is 1. The zero-order valence-electron chi connectivity index (χ0n) is 15.5. The Kier molecular flexibility index (Phi) is 4.86. The van der Waals surface area contributed by atoms with Crippen LogP contribution in [-0.2, 0) is 11.2 Å². The SMILES string of the molecule is COC(=O)c1cc2c(c(C(=O)N3CCC[C@@H]3c3nc(C)cs3)c1)CCCO2. The number of nitrogens with zero attached hydrogens (tertiary/aromatic N) is 2. The minimum Gasteiger partial charge on any atom is -0.493 e. The fraction of sp³-hybridized carbons (Fsp3) is 0.450. The molecule has 1 fully saturated rings. The third-order valence-electron chi connectivity index (χ3n) is 5.12. The highest BCUT2D eigenvalue weighted by Gasteiger charge is 2.34. The highest BCUT2D eigenvalue weighted by molar-refractivity contribution is 7.09. The zero-order chi connectivity index (χ0) is 19.0. The number of hydrogen-bond donors (Lipinski definition) is 0. The van der Waals surface area contributed by atoms with Crippen LogP contribution in [0.2, 0.25) is 0 Å². The van der Waals surface area contributed by atoms with Crippen molar-refractivity contribution in [2.75, 3.05) is 20.3 Å². The molecule has 1 aromatic heterocycles. The molecular weight excluding hydrogens is 364 g/mol. The zero-order valence-corrected chi connectivity index (χ0v) is 16.3. The van der Waals surface area contributed by atoms with Crippen LogP contribution < -0.4 is 4.74 Å². The number of thiazole rings is 1. The molecule has 1 aromatic carbocycles. The van der Waals surface area contributed by atoms with Crippen molar-refractivity contribution in [1.29, 1.82) is 0 Å². The van der Waals surface area contributed by atoms with Gasteiger partial charge in [0.2, 0.25) is 0 Å². The Bertz CT molecular complexity index is 892. The summed E-state index contributed by atoms with van der Waals surface area (Å²) in [5, 5.41) is 3.00. The number of rotatable bonds is 3. The van der Waals surface area contributed by atoms with E-state index in [2.05, 4.69) is 4.98 Å². The highest BCUT2D eigenvalue weighted by Crippen LogP contribution is 2.37. The Hall–Kier alpha value is -2.41. The molecule has 142 valence electrons.